The van der Waals surface area contributed by atoms with Gasteiger partial charge in [0, 0.05) is 5.56 Å². The van der Waals surface area contributed by atoms with Gasteiger partial charge in [-0.3, -0.25) is 0 Å². The predicted molar refractivity (Wildman–Crippen MR) is 80.8 cm³/mol. The van der Waals surface area contributed by atoms with Gasteiger partial charge in [0.15, 0.2) is 0 Å². The summed E-state index contributed by atoms with van der Waals surface area (Å²) in [5.74, 6) is 1.48. The molecule has 0 aliphatic heterocycles. The molecule has 0 bridgehead atoms. The van der Waals surface area contributed by atoms with Crippen LogP contribution >= 0.6 is 0 Å². The van der Waals surface area contributed by atoms with Crippen LogP contribution in [0.3, 0.4) is 0 Å². The molecule has 1 atom stereocenters. The van der Waals surface area contributed by atoms with Crippen LogP contribution in [0, 0.1) is 11.3 Å². The Kier molecular flexibility index (Phi) is 5.20. The van der Waals surface area contributed by atoms with Gasteiger partial charge in [-0.25, -0.2) is 0 Å². The Hall–Kier alpha value is -2.27. The molecule has 2 aromatic rings. The van der Waals surface area contributed by atoms with E-state index in [1.165, 1.54) is 0 Å². The Morgan fingerprint density at radius 2 is 1.75 bits per heavy atom. The van der Waals surface area contributed by atoms with Crippen molar-refractivity contribution in [1.82, 2.24) is 0 Å². The van der Waals surface area contributed by atoms with Crippen molar-refractivity contribution < 1.29 is 4.74 Å². The predicted octanol–water partition coefficient (Wildman–Crippen LogP) is 5.28. The van der Waals surface area contributed by atoms with Crippen molar-refractivity contribution in [2.45, 2.75) is 32.1 Å². The molecule has 2 aromatic carbocycles. The zero-order valence-corrected chi connectivity index (χ0v) is 11.8. The number of nitriles is 1. The molecule has 0 aliphatic carbocycles. The highest BCUT2D eigenvalue weighted by atomic mass is 16.5. The molecule has 1 unspecified atom stereocenters. The van der Waals surface area contributed by atoms with E-state index in [2.05, 4.69) is 13.0 Å². The smallest absolute Gasteiger partial charge is 0.131 e. The van der Waals surface area contributed by atoms with Crippen LogP contribution in [-0.4, -0.2) is 0 Å². The largest absolute Gasteiger partial charge is 0.457 e. The molecular formula is C18H19NO. The first kappa shape index (κ1) is 14.1. The Balaban J connectivity index is 2.23. The highest BCUT2D eigenvalue weighted by Crippen LogP contribution is 2.32. The minimum Gasteiger partial charge on any atom is -0.457 e. The Morgan fingerprint density at radius 3 is 2.45 bits per heavy atom. The van der Waals surface area contributed by atoms with E-state index in [9.17, 15) is 5.26 Å². The van der Waals surface area contributed by atoms with Crippen LogP contribution in [-0.2, 0) is 0 Å². The van der Waals surface area contributed by atoms with Crippen molar-refractivity contribution >= 4 is 0 Å². The highest BCUT2D eigenvalue weighted by Gasteiger charge is 2.15. The average molecular weight is 265 g/mol. The number of benzene rings is 2. The molecule has 0 spiro atoms. The molecule has 0 saturated carbocycles. The third kappa shape index (κ3) is 3.61. The second-order valence-electron chi connectivity index (χ2n) is 4.78. The van der Waals surface area contributed by atoms with Gasteiger partial charge in [-0.05, 0) is 24.6 Å². The van der Waals surface area contributed by atoms with Gasteiger partial charge in [-0.2, -0.15) is 5.26 Å². The maximum Gasteiger partial charge on any atom is 0.131 e. The lowest BCUT2D eigenvalue weighted by Gasteiger charge is -2.14. The number of ether oxygens (including phenoxy) is 1. The van der Waals surface area contributed by atoms with Crippen molar-refractivity contribution in [3.05, 3.63) is 60.2 Å². The normalized spacial score (nSPS) is 11.6. The molecule has 0 aromatic heterocycles. The topological polar surface area (TPSA) is 33.0 Å². The van der Waals surface area contributed by atoms with E-state index in [1.807, 2.05) is 54.6 Å². The minimum absolute atomic E-state index is 0.102. The number of para-hydroxylation sites is 2. The van der Waals surface area contributed by atoms with Gasteiger partial charge in [0.05, 0.1) is 12.0 Å². The lowest BCUT2D eigenvalue weighted by Crippen LogP contribution is -1.99. The first-order valence-electron chi connectivity index (χ1n) is 7.06. The maximum absolute atomic E-state index is 9.39. The second-order valence-corrected chi connectivity index (χ2v) is 4.78. The second kappa shape index (κ2) is 7.35. The SMILES string of the molecule is CCCCC(C#N)c1ccccc1Oc1ccccc1. The molecule has 0 heterocycles. The maximum atomic E-state index is 9.39. The first-order valence-corrected chi connectivity index (χ1v) is 7.06. The van der Waals surface area contributed by atoms with E-state index >= 15 is 0 Å². The Morgan fingerprint density at radius 1 is 1.05 bits per heavy atom. The number of nitrogens with zero attached hydrogens (tertiary/aromatic N) is 1. The molecule has 2 heteroatoms. The van der Waals surface area contributed by atoms with E-state index in [4.69, 9.17) is 4.74 Å². The Bertz CT molecular complexity index is 571. The zero-order valence-electron chi connectivity index (χ0n) is 11.8. The van der Waals surface area contributed by atoms with E-state index < -0.39 is 0 Å². The summed E-state index contributed by atoms with van der Waals surface area (Å²) in [5, 5.41) is 9.39. The van der Waals surface area contributed by atoms with Gasteiger partial charge in [0.25, 0.3) is 0 Å². The van der Waals surface area contributed by atoms with Crippen molar-refractivity contribution in [1.29, 1.82) is 5.26 Å². The summed E-state index contributed by atoms with van der Waals surface area (Å²) in [6.45, 7) is 2.14. The lowest BCUT2D eigenvalue weighted by molar-refractivity contribution is 0.471. The minimum atomic E-state index is -0.102. The van der Waals surface area contributed by atoms with Crippen LogP contribution in [0.2, 0.25) is 0 Å². The van der Waals surface area contributed by atoms with Crippen molar-refractivity contribution in [2.24, 2.45) is 0 Å². The van der Waals surface area contributed by atoms with Crippen LogP contribution in [0.4, 0.5) is 0 Å². The zero-order chi connectivity index (χ0) is 14.2. The van der Waals surface area contributed by atoms with E-state index in [1.54, 1.807) is 0 Å². The fourth-order valence-electron chi connectivity index (χ4n) is 2.17. The summed E-state index contributed by atoms with van der Waals surface area (Å²) in [5.41, 5.74) is 0.979. The monoisotopic (exact) mass is 265 g/mol. The molecule has 0 fully saturated rings. The van der Waals surface area contributed by atoms with Gasteiger partial charge in [0.1, 0.15) is 11.5 Å². The van der Waals surface area contributed by atoms with Crippen LogP contribution in [0.15, 0.2) is 54.6 Å². The van der Waals surface area contributed by atoms with Crippen LogP contribution < -0.4 is 4.74 Å². The molecule has 20 heavy (non-hydrogen) atoms. The lowest BCUT2D eigenvalue weighted by atomic mass is 9.94. The van der Waals surface area contributed by atoms with Crippen LogP contribution in [0.25, 0.3) is 0 Å². The first-order chi connectivity index (χ1) is 9.85. The summed E-state index contributed by atoms with van der Waals surface area (Å²) < 4.78 is 5.92. The van der Waals surface area contributed by atoms with E-state index in [0.717, 1.165) is 36.3 Å². The van der Waals surface area contributed by atoms with Crippen LogP contribution in [0.5, 0.6) is 11.5 Å². The van der Waals surface area contributed by atoms with Gasteiger partial charge < -0.3 is 4.74 Å². The van der Waals surface area contributed by atoms with Gasteiger partial charge in [-0.1, -0.05) is 56.2 Å². The average Bonchev–Trinajstić information content (AvgIpc) is 2.50. The third-order valence-electron chi connectivity index (χ3n) is 3.27. The van der Waals surface area contributed by atoms with E-state index in [-0.39, 0.29) is 5.92 Å². The molecule has 0 radical (unpaired) electrons. The summed E-state index contributed by atoms with van der Waals surface area (Å²) in [7, 11) is 0. The van der Waals surface area contributed by atoms with Crippen molar-refractivity contribution in [3.8, 4) is 17.6 Å². The van der Waals surface area contributed by atoms with Crippen molar-refractivity contribution in [2.75, 3.05) is 0 Å². The van der Waals surface area contributed by atoms with Crippen LogP contribution in [0.1, 0.15) is 37.7 Å². The van der Waals surface area contributed by atoms with Gasteiger partial charge in [0.2, 0.25) is 0 Å². The molecular weight excluding hydrogens is 246 g/mol. The number of rotatable bonds is 6. The molecule has 2 nitrogen and oxygen atoms in total. The molecule has 102 valence electrons. The molecule has 0 aliphatic rings. The Labute approximate surface area is 120 Å². The number of hydrogen-bond acceptors (Lipinski definition) is 2. The summed E-state index contributed by atoms with van der Waals surface area (Å²) in [4.78, 5) is 0. The highest BCUT2D eigenvalue weighted by molar-refractivity contribution is 5.42. The molecule has 0 amide bonds. The summed E-state index contributed by atoms with van der Waals surface area (Å²) >= 11 is 0. The summed E-state index contributed by atoms with van der Waals surface area (Å²) in [6.07, 6.45) is 3.03. The third-order valence-corrected chi connectivity index (χ3v) is 3.27. The molecule has 2 rings (SSSR count). The standard InChI is InChI=1S/C18H19NO/c1-2-3-9-15(14-19)17-12-7-8-13-18(17)20-16-10-5-4-6-11-16/h4-8,10-13,15H,2-3,9H2,1H3. The summed E-state index contributed by atoms with van der Waals surface area (Å²) in [6, 6.07) is 19.9. The quantitative estimate of drug-likeness (QED) is 0.712. The van der Waals surface area contributed by atoms with Crippen molar-refractivity contribution in [3.63, 3.8) is 0 Å². The molecule has 0 N–H and O–H groups in total. The van der Waals surface area contributed by atoms with E-state index in [0.29, 0.717) is 0 Å². The fraction of sp³-hybridized carbons (Fsp3) is 0.278. The number of unbranched alkanes of at least 4 members (excludes halogenated alkanes) is 1. The molecule has 0 saturated heterocycles. The van der Waals surface area contributed by atoms with Gasteiger partial charge in [-0.15, -0.1) is 0 Å². The number of hydrogen-bond donors (Lipinski definition) is 0. The fourth-order valence-corrected chi connectivity index (χ4v) is 2.17. The van der Waals surface area contributed by atoms with Gasteiger partial charge >= 0.3 is 0 Å².